The van der Waals surface area contributed by atoms with Gasteiger partial charge in [0.05, 0.1) is 11.9 Å². The molecule has 1 aliphatic rings. The first-order valence-electron chi connectivity index (χ1n) is 6.86. The molecule has 20 heavy (non-hydrogen) atoms. The van der Waals surface area contributed by atoms with Gasteiger partial charge >= 0.3 is 0 Å². The third-order valence-electron chi connectivity index (χ3n) is 3.84. The van der Waals surface area contributed by atoms with Gasteiger partial charge in [0.1, 0.15) is 0 Å². The SMILES string of the molecule is CSc1nn2cc(-c3ccc4c(c3)CCCC4)nc2s1. The number of aromatic nitrogens is 3. The Labute approximate surface area is 126 Å². The van der Waals surface area contributed by atoms with Crippen molar-refractivity contribution in [1.29, 1.82) is 0 Å². The van der Waals surface area contributed by atoms with E-state index >= 15 is 0 Å². The summed E-state index contributed by atoms with van der Waals surface area (Å²) in [6.45, 7) is 0. The molecule has 0 bridgehead atoms. The van der Waals surface area contributed by atoms with E-state index < -0.39 is 0 Å². The van der Waals surface area contributed by atoms with E-state index in [1.54, 1.807) is 23.1 Å². The largest absolute Gasteiger partial charge is 0.217 e. The number of thioether (sulfide) groups is 1. The van der Waals surface area contributed by atoms with Crippen LogP contribution >= 0.6 is 23.1 Å². The van der Waals surface area contributed by atoms with Crippen molar-refractivity contribution in [1.82, 2.24) is 14.6 Å². The predicted octanol–water partition coefficient (Wildman–Crippen LogP) is 4.06. The Balaban J connectivity index is 1.76. The standard InChI is InChI=1S/C15H15N3S2/c1-19-15-17-18-9-13(16-14(18)20-15)12-7-6-10-4-2-3-5-11(10)8-12/h6-9H,2-5H2,1H3. The summed E-state index contributed by atoms with van der Waals surface area (Å²) in [5.41, 5.74) is 5.27. The smallest absolute Gasteiger partial charge is 0.213 e. The minimum Gasteiger partial charge on any atom is -0.217 e. The summed E-state index contributed by atoms with van der Waals surface area (Å²) in [7, 11) is 0. The number of imidazole rings is 1. The molecule has 3 aromatic rings. The van der Waals surface area contributed by atoms with Crippen LogP contribution in [0.25, 0.3) is 16.2 Å². The number of fused-ring (bicyclic) bond motifs is 2. The topological polar surface area (TPSA) is 30.2 Å². The molecule has 0 saturated carbocycles. The van der Waals surface area contributed by atoms with Gasteiger partial charge in [-0.25, -0.2) is 9.50 Å². The summed E-state index contributed by atoms with van der Waals surface area (Å²) in [6.07, 6.45) is 9.16. The lowest BCUT2D eigenvalue weighted by Gasteiger charge is -2.15. The van der Waals surface area contributed by atoms with Crippen LogP contribution < -0.4 is 0 Å². The van der Waals surface area contributed by atoms with Gasteiger partial charge in [-0.05, 0) is 49.1 Å². The Bertz CT molecular complexity index is 741. The number of benzene rings is 1. The number of hydrogen-bond acceptors (Lipinski definition) is 4. The van der Waals surface area contributed by atoms with Crippen molar-refractivity contribution in [2.75, 3.05) is 6.26 Å². The molecule has 1 aliphatic carbocycles. The summed E-state index contributed by atoms with van der Waals surface area (Å²) in [5, 5.41) is 4.50. The molecule has 0 fully saturated rings. The molecule has 0 unspecified atom stereocenters. The fourth-order valence-corrected chi connectivity index (χ4v) is 4.14. The third-order valence-corrected chi connectivity index (χ3v) is 5.74. The van der Waals surface area contributed by atoms with Gasteiger partial charge in [0.2, 0.25) is 4.96 Å². The maximum atomic E-state index is 4.71. The molecule has 1 aromatic carbocycles. The lowest BCUT2D eigenvalue weighted by molar-refractivity contribution is 0.686. The van der Waals surface area contributed by atoms with Gasteiger partial charge in [0.25, 0.3) is 0 Å². The lowest BCUT2D eigenvalue weighted by atomic mass is 9.90. The van der Waals surface area contributed by atoms with Gasteiger partial charge in [-0.3, -0.25) is 0 Å². The first kappa shape index (κ1) is 12.4. The van der Waals surface area contributed by atoms with Gasteiger partial charge in [0, 0.05) is 5.56 Å². The maximum absolute atomic E-state index is 4.71. The normalized spacial score (nSPS) is 14.7. The number of aryl methyl sites for hydroxylation is 2. The number of hydrogen-bond donors (Lipinski definition) is 0. The third kappa shape index (κ3) is 2.05. The summed E-state index contributed by atoms with van der Waals surface area (Å²) >= 11 is 3.31. The van der Waals surface area contributed by atoms with E-state index in [2.05, 4.69) is 23.3 Å². The van der Waals surface area contributed by atoms with E-state index in [9.17, 15) is 0 Å². The first-order chi connectivity index (χ1) is 9.83. The van der Waals surface area contributed by atoms with E-state index in [0.717, 1.165) is 15.0 Å². The highest BCUT2D eigenvalue weighted by molar-refractivity contribution is 8.00. The molecule has 0 saturated heterocycles. The molecule has 0 spiro atoms. The Morgan fingerprint density at radius 2 is 2.05 bits per heavy atom. The van der Waals surface area contributed by atoms with Gasteiger partial charge in [-0.1, -0.05) is 35.2 Å². The van der Waals surface area contributed by atoms with Crippen molar-refractivity contribution in [3.05, 3.63) is 35.5 Å². The fourth-order valence-electron chi connectivity index (χ4n) is 2.80. The highest BCUT2D eigenvalue weighted by Crippen LogP contribution is 2.29. The Kier molecular flexibility index (Phi) is 3.04. The van der Waals surface area contributed by atoms with E-state index in [1.165, 1.54) is 42.4 Å². The maximum Gasteiger partial charge on any atom is 0.213 e. The molecule has 0 N–H and O–H groups in total. The Morgan fingerprint density at radius 1 is 1.20 bits per heavy atom. The van der Waals surface area contributed by atoms with Crippen molar-refractivity contribution < 1.29 is 0 Å². The van der Waals surface area contributed by atoms with Crippen LogP contribution in [0.4, 0.5) is 0 Å². The van der Waals surface area contributed by atoms with Crippen molar-refractivity contribution in [2.24, 2.45) is 0 Å². The van der Waals surface area contributed by atoms with Gasteiger partial charge in [-0.15, -0.1) is 5.10 Å². The molecule has 2 heterocycles. The fraction of sp³-hybridized carbons (Fsp3) is 0.333. The zero-order chi connectivity index (χ0) is 13.5. The number of rotatable bonds is 2. The van der Waals surface area contributed by atoms with E-state index in [0.29, 0.717) is 0 Å². The molecule has 2 aromatic heterocycles. The molecular formula is C15H15N3S2. The molecule has 0 atom stereocenters. The van der Waals surface area contributed by atoms with Crippen LogP contribution in [0.3, 0.4) is 0 Å². The second-order valence-corrected chi connectivity index (χ2v) is 7.13. The van der Waals surface area contributed by atoms with Gasteiger partial charge < -0.3 is 0 Å². The summed E-state index contributed by atoms with van der Waals surface area (Å²) in [6, 6.07) is 6.79. The van der Waals surface area contributed by atoms with Crippen LogP contribution in [0.15, 0.2) is 28.7 Å². The molecule has 4 rings (SSSR count). The predicted molar refractivity (Wildman–Crippen MR) is 84.7 cm³/mol. The monoisotopic (exact) mass is 301 g/mol. The second-order valence-electron chi connectivity index (χ2n) is 5.12. The quantitative estimate of drug-likeness (QED) is 0.669. The zero-order valence-electron chi connectivity index (χ0n) is 11.3. The average Bonchev–Trinajstić information content (AvgIpc) is 3.04. The van der Waals surface area contributed by atoms with Crippen LogP contribution in [0.1, 0.15) is 24.0 Å². The van der Waals surface area contributed by atoms with Crippen LogP contribution in [-0.2, 0) is 12.8 Å². The Hall–Kier alpha value is -1.33. The summed E-state index contributed by atoms with van der Waals surface area (Å²) < 4.78 is 2.95. The van der Waals surface area contributed by atoms with Crippen LogP contribution in [0, 0.1) is 0 Å². The molecule has 0 radical (unpaired) electrons. The summed E-state index contributed by atoms with van der Waals surface area (Å²) in [4.78, 5) is 5.68. The average molecular weight is 301 g/mol. The van der Waals surface area contributed by atoms with Crippen molar-refractivity contribution in [2.45, 2.75) is 30.0 Å². The highest BCUT2D eigenvalue weighted by atomic mass is 32.2. The lowest BCUT2D eigenvalue weighted by Crippen LogP contribution is -2.02. The van der Waals surface area contributed by atoms with Gasteiger partial charge in [0.15, 0.2) is 4.34 Å². The minimum absolute atomic E-state index is 0.974. The molecule has 0 aliphatic heterocycles. The molecule has 0 amide bonds. The van der Waals surface area contributed by atoms with Crippen molar-refractivity contribution in [3.8, 4) is 11.3 Å². The van der Waals surface area contributed by atoms with Gasteiger partial charge in [-0.2, -0.15) is 0 Å². The van der Waals surface area contributed by atoms with Crippen molar-refractivity contribution in [3.63, 3.8) is 0 Å². The second kappa shape index (κ2) is 4.90. The van der Waals surface area contributed by atoms with Crippen molar-refractivity contribution >= 4 is 28.1 Å². The minimum atomic E-state index is 0.974. The highest BCUT2D eigenvalue weighted by Gasteiger charge is 2.13. The molecule has 3 nitrogen and oxygen atoms in total. The van der Waals surface area contributed by atoms with Crippen LogP contribution in [0.5, 0.6) is 0 Å². The first-order valence-corrected chi connectivity index (χ1v) is 8.90. The van der Waals surface area contributed by atoms with Crippen LogP contribution in [0.2, 0.25) is 0 Å². The van der Waals surface area contributed by atoms with E-state index in [4.69, 9.17) is 4.98 Å². The zero-order valence-corrected chi connectivity index (χ0v) is 12.9. The Morgan fingerprint density at radius 3 is 2.85 bits per heavy atom. The van der Waals surface area contributed by atoms with Crippen LogP contribution in [-0.4, -0.2) is 20.9 Å². The summed E-state index contributed by atoms with van der Waals surface area (Å²) in [5.74, 6) is 0. The molecule has 102 valence electrons. The molecule has 5 heteroatoms. The van der Waals surface area contributed by atoms with E-state index in [1.807, 2.05) is 17.0 Å². The van der Waals surface area contributed by atoms with E-state index in [-0.39, 0.29) is 0 Å². The molecular weight excluding hydrogens is 286 g/mol. The number of nitrogens with zero attached hydrogens (tertiary/aromatic N) is 3.